The minimum Gasteiger partial charge on any atom is -0.497 e. The topological polar surface area (TPSA) is 60.7 Å². The van der Waals surface area contributed by atoms with E-state index in [2.05, 4.69) is 5.32 Å². The van der Waals surface area contributed by atoms with Gasteiger partial charge in [0.05, 0.1) is 12.7 Å². The summed E-state index contributed by atoms with van der Waals surface area (Å²) in [5.74, 6) is 1.07. The monoisotopic (exact) mass is 405 g/mol. The maximum atomic E-state index is 13.0. The Kier molecular flexibility index (Phi) is 6.11. The molecule has 0 radical (unpaired) electrons. The first-order valence-electron chi connectivity index (χ1n) is 8.65. The summed E-state index contributed by atoms with van der Waals surface area (Å²) >= 11 is 0. The van der Waals surface area contributed by atoms with Gasteiger partial charge in [-0.25, -0.2) is 0 Å². The molecule has 1 aromatic heterocycles. The van der Waals surface area contributed by atoms with Crippen molar-refractivity contribution in [3.8, 4) is 11.5 Å². The number of nitrogens with one attached hydrogen (secondary N) is 1. The number of hydrogen-bond donors (Lipinski definition) is 1. The summed E-state index contributed by atoms with van der Waals surface area (Å²) in [5.41, 5.74) is -0.809. The third-order valence-electron chi connectivity index (χ3n) is 4.09. The van der Waals surface area contributed by atoms with Gasteiger partial charge in [-0.2, -0.15) is 13.2 Å². The quantitative estimate of drug-likeness (QED) is 0.613. The molecule has 8 heteroatoms. The molecular weight excluding hydrogens is 387 g/mol. The number of ether oxygens (including phenoxy) is 2. The van der Waals surface area contributed by atoms with Gasteiger partial charge in [-0.05, 0) is 48.0 Å². The molecule has 0 saturated heterocycles. The SMILES string of the molecule is COc1ccc(OCc2ccc(C(=O)NCc3ccccc3C(F)(F)F)o2)cc1. The van der Waals surface area contributed by atoms with Crippen LogP contribution in [0.3, 0.4) is 0 Å². The standard InChI is InChI=1S/C21H18F3NO4/c1-27-15-6-8-16(9-7-15)28-13-17-10-11-19(29-17)20(26)25-12-14-4-2-3-5-18(14)21(22,23)24/h2-11H,12-13H2,1H3,(H,25,26). The average Bonchev–Trinajstić information content (AvgIpc) is 3.19. The second-order valence-electron chi connectivity index (χ2n) is 6.07. The summed E-state index contributed by atoms with van der Waals surface area (Å²) in [6, 6.07) is 15.0. The molecule has 3 rings (SSSR count). The number of carbonyl (C=O) groups is 1. The zero-order valence-corrected chi connectivity index (χ0v) is 15.5. The Balaban J connectivity index is 1.57. The van der Waals surface area contributed by atoms with Gasteiger partial charge in [0.2, 0.25) is 0 Å². The molecule has 0 spiro atoms. The zero-order chi connectivity index (χ0) is 20.9. The number of rotatable bonds is 7. The highest BCUT2D eigenvalue weighted by atomic mass is 19.4. The molecule has 0 fully saturated rings. The molecule has 29 heavy (non-hydrogen) atoms. The highest BCUT2D eigenvalue weighted by Crippen LogP contribution is 2.31. The van der Waals surface area contributed by atoms with Gasteiger partial charge in [-0.15, -0.1) is 0 Å². The molecule has 0 atom stereocenters. The first-order valence-corrected chi connectivity index (χ1v) is 8.65. The van der Waals surface area contributed by atoms with Crippen LogP contribution in [-0.2, 0) is 19.3 Å². The van der Waals surface area contributed by atoms with Gasteiger partial charge < -0.3 is 19.2 Å². The van der Waals surface area contributed by atoms with E-state index >= 15 is 0 Å². The van der Waals surface area contributed by atoms with Crippen molar-refractivity contribution < 1.29 is 31.9 Å². The molecular formula is C21H18F3NO4. The maximum Gasteiger partial charge on any atom is 0.416 e. The summed E-state index contributed by atoms with van der Waals surface area (Å²) in [5, 5.41) is 2.44. The number of benzene rings is 2. The van der Waals surface area contributed by atoms with Crippen molar-refractivity contribution in [3.05, 3.63) is 83.3 Å². The van der Waals surface area contributed by atoms with Gasteiger partial charge in [-0.3, -0.25) is 4.79 Å². The fourth-order valence-corrected chi connectivity index (χ4v) is 2.62. The lowest BCUT2D eigenvalue weighted by molar-refractivity contribution is -0.138. The molecule has 0 bridgehead atoms. The Morgan fingerprint density at radius 1 is 1.00 bits per heavy atom. The third-order valence-corrected chi connectivity index (χ3v) is 4.09. The van der Waals surface area contributed by atoms with Crippen LogP contribution >= 0.6 is 0 Å². The van der Waals surface area contributed by atoms with E-state index < -0.39 is 17.6 Å². The maximum absolute atomic E-state index is 13.0. The van der Waals surface area contributed by atoms with Crippen LogP contribution in [0.5, 0.6) is 11.5 Å². The first-order chi connectivity index (χ1) is 13.9. The second-order valence-corrected chi connectivity index (χ2v) is 6.07. The number of furan rings is 1. The van der Waals surface area contributed by atoms with Crippen LogP contribution in [0.1, 0.15) is 27.4 Å². The minimum atomic E-state index is -4.49. The third kappa shape index (κ3) is 5.31. The van der Waals surface area contributed by atoms with Crippen LogP contribution in [0.15, 0.2) is 65.1 Å². The molecule has 152 valence electrons. The van der Waals surface area contributed by atoms with E-state index in [9.17, 15) is 18.0 Å². The number of alkyl halides is 3. The smallest absolute Gasteiger partial charge is 0.416 e. The number of halogens is 3. The second kappa shape index (κ2) is 8.72. The normalized spacial score (nSPS) is 11.2. The number of carbonyl (C=O) groups excluding carboxylic acids is 1. The number of amides is 1. The van der Waals surface area contributed by atoms with Crippen molar-refractivity contribution in [2.75, 3.05) is 7.11 Å². The van der Waals surface area contributed by atoms with Crippen LogP contribution in [-0.4, -0.2) is 13.0 Å². The zero-order valence-electron chi connectivity index (χ0n) is 15.5. The van der Waals surface area contributed by atoms with Crippen molar-refractivity contribution in [3.63, 3.8) is 0 Å². The molecule has 1 heterocycles. The largest absolute Gasteiger partial charge is 0.497 e. The van der Waals surface area contributed by atoms with E-state index in [1.165, 1.54) is 24.3 Å². The van der Waals surface area contributed by atoms with E-state index in [-0.39, 0.29) is 24.5 Å². The van der Waals surface area contributed by atoms with Crippen molar-refractivity contribution in [2.24, 2.45) is 0 Å². The van der Waals surface area contributed by atoms with Gasteiger partial charge in [0.15, 0.2) is 5.76 Å². The molecule has 5 nitrogen and oxygen atoms in total. The van der Waals surface area contributed by atoms with E-state index in [1.807, 2.05) is 0 Å². The van der Waals surface area contributed by atoms with E-state index in [0.29, 0.717) is 17.3 Å². The fourth-order valence-electron chi connectivity index (χ4n) is 2.62. The summed E-state index contributed by atoms with van der Waals surface area (Å²) < 4.78 is 55.1. The average molecular weight is 405 g/mol. The molecule has 0 aliphatic carbocycles. The molecule has 1 N–H and O–H groups in total. The Morgan fingerprint density at radius 2 is 1.69 bits per heavy atom. The molecule has 0 aliphatic heterocycles. The summed E-state index contributed by atoms with van der Waals surface area (Å²) in [6.07, 6.45) is -4.49. The molecule has 1 amide bonds. The Bertz CT molecular complexity index is 965. The lowest BCUT2D eigenvalue weighted by Gasteiger charge is -2.12. The summed E-state index contributed by atoms with van der Waals surface area (Å²) in [4.78, 5) is 12.2. The fraction of sp³-hybridized carbons (Fsp3) is 0.190. The van der Waals surface area contributed by atoms with Crippen molar-refractivity contribution >= 4 is 5.91 Å². The lowest BCUT2D eigenvalue weighted by atomic mass is 10.1. The van der Waals surface area contributed by atoms with E-state index in [0.717, 1.165) is 6.07 Å². The first kappa shape index (κ1) is 20.3. The van der Waals surface area contributed by atoms with Crippen LogP contribution in [0.25, 0.3) is 0 Å². The van der Waals surface area contributed by atoms with Crippen LogP contribution < -0.4 is 14.8 Å². The predicted octanol–water partition coefficient (Wildman–Crippen LogP) is 4.82. The van der Waals surface area contributed by atoms with Crippen LogP contribution in [0, 0.1) is 0 Å². The van der Waals surface area contributed by atoms with E-state index in [4.69, 9.17) is 13.9 Å². The van der Waals surface area contributed by atoms with Gasteiger partial charge in [0, 0.05) is 6.54 Å². The van der Waals surface area contributed by atoms with Gasteiger partial charge >= 0.3 is 6.18 Å². The van der Waals surface area contributed by atoms with E-state index in [1.54, 1.807) is 37.4 Å². The van der Waals surface area contributed by atoms with Crippen LogP contribution in [0.2, 0.25) is 0 Å². The van der Waals surface area contributed by atoms with Crippen molar-refractivity contribution in [2.45, 2.75) is 19.3 Å². The predicted molar refractivity (Wildman–Crippen MR) is 98.6 cm³/mol. The molecule has 2 aromatic carbocycles. The highest BCUT2D eigenvalue weighted by molar-refractivity contribution is 5.91. The van der Waals surface area contributed by atoms with Gasteiger partial charge in [0.25, 0.3) is 5.91 Å². The van der Waals surface area contributed by atoms with Gasteiger partial charge in [-0.1, -0.05) is 18.2 Å². The number of hydrogen-bond acceptors (Lipinski definition) is 4. The summed E-state index contributed by atoms with van der Waals surface area (Å²) in [6.45, 7) is -0.177. The Labute approximate surface area is 165 Å². The minimum absolute atomic E-state index is 0.0113. The molecule has 3 aromatic rings. The van der Waals surface area contributed by atoms with Crippen LogP contribution in [0.4, 0.5) is 13.2 Å². The van der Waals surface area contributed by atoms with Crippen molar-refractivity contribution in [1.29, 1.82) is 0 Å². The lowest BCUT2D eigenvalue weighted by Crippen LogP contribution is -2.24. The number of methoxy groups -OCH3 is 1. The molecule has 0 saturated carbocycles. The molecule has 0 aliphatic rings. The summed E-state index contributed by atoms with van der Waals surface area (Å²) in [7, 11) is 1.56. The Morgan fingerprint density at radius 3 is 2.38 bits per heavy atom. The Hall–Kier alpha value is -3.42. The van der Waals surface area contributed by atoms with Crippen molar-refractivity contribution in [1.82, 2.24) is 5.32 Å². The highest BCUT2D eigenvalue weighted by Gasteiger charge is 2.32. The molecule has 0 unspecified atom stereocenters. The van der Waals surface area contributed by atoms with Gasteiger partial charge in [0.1, 0.15) is 23.9 Å².